The number of aromatic nitrogens is 3. The topological polar surface area (TPSA) is 68.2 Å². The Bertz CT molecular complexity index is 560. The highest BCUT2D eigenvalue weighted by molar-refractivity contribution is 5.74. The fraction of sp³-hybridized carbons (Fsp3) is 0.231. The molecule has 0 saturated carbocycles. The van der Waals surface area contributed by atoms with Crippen LogP contribution in [0, 0.1) is 0 Å². The van der Waals surface area contributed by atoms with Gasteiger partial charge in [-0.2, -0.15) is 4.98 Å². The number of ether oxygens (including phenoxy) is 1. The zero-order valence-corrected chi connectivity index (χ0v) is 10.8. The van der Waals surface area contributed by atoms with E-state index in [2.05, 4.69) is 19.7 Å². The highest BCUT2D eigenvalue weighted by Crippen LogP contribution is 2.15. The van der Waals surface area contributed by atoms with Gasteiger partial charge in [0.15, 0.2) is 5.82 Å². The van der Waals surface area contributed by atoms with Crippen molar-refractivity contribution in [3.8, 4) is 11.4 Å². The summed E-state index contributed by atoms with van der Waals surface area (Å²) in [6.45, 7) is 0.0920. The number of anilines is 1. The van der Waals surface area contributed by atoms with Crippen molar-refractivity contribution in [2.45, 2.75) is 0 Å². The lowest BCUT2D eigenvalue weighted by Gasteiger charge is -2.15. The molecule has 6 heteroatoms. The van der Waals surface area contributed by atoms with E-state index in [0.717, 1.165) is 5.56 Å². The van der Waals surface area contributed by atoms with Gasteiger partial charge < -0.3 is 9.64 Å². The second-order valence-electron chi connectivity index (χ2n) is 3.91. The van der Waals surface area contributed by atoms with Crippen LogP contribution in [0.2, 0.25) is 0 Å². The van der Waals surface area contributed by atoms with Crippen molar-refractivity contribution < 1.29 is 9.53 Å². The fourth-order valence-corrected chi connectivity index (χ4v) is 1.53. The van der Waals surface area contributed by atoms with Crippen molar-refractivity contribution in [1.82, 2.24) is 15.0 Å². The first-order valence-corrected chi connectivity index (χ1v) is 5.73. The maximum Gasteiger partial charge on any atom is 0.325 e. The van der Waals surface area contributed by atoms with E-state index in [1.165, 1.54) is 13.4 Å². The summed E-state index contributed by atoms with van der Waals surface area (Å²) in [5.41, 5.74) is 0.901. The van der Waals surface area contributed by atoms with E-state index < -0.39 is 0 Å². The largest absolute Gasteiger partial charge is 0.468 e. The van der Waals surface area contributed by atoms with Crippen molar-refractivity contribution in [3.05, 3.63) is 36.7 Å². The molecule has 6 nitrogen and oxygen atoms in total. The summed E-state index contributed by atoms with van der Waals surface area (Å²) in [4.78, 5) is 25.3. The average Bonchev–Trinajstić information content (AvgIpc) is 2.48. The van der Waals surface area contributed by atoms with Crippen LogP contribution in [0.4, 0.5) is 5.95 Å². The molecule has 0 radical (unpaired) electrons. The molecule has 0 bridgehead atoms. The van der Waals surface area contributed by atoms with E-state index in [4.69, 9.17) is 0 Å². The molecule has 0 aliphatic heterocycles. The number of hydrogen-bond acceptors (Lipinski definition) is 6. The number of benzene rings is 1. The fourth-order valence-electron chi connectivity index (χ4n) is 1.53. The SMILES string of the molecule is COC(=O)CN(C)c1ncnc(-c2ccccc2)n1. The van der Waals surface area contributed by atoms with Crippen molar-refractivity contribution in [2.24, 2.45) is 0 Å². The second kappa shape index (κ2) is 5.90. The first-order valence-electron chi connectivity index (χ1n) is 5.73. The number of nitrogens with zero attached hydrogens (tertiary/aromatic N) is 4. The van der Waals surface area contributed by atoms with Gasteiger partial charge in [0.2, 0.25) is 5.95 Å². The summed E-state index contributed by atoms with van der Waals surface area (Å²) in [7, 11) is 3.07. The maximum absolute atomic E-state index is 11.2. The Balaban J connectivity index is 2.22. The molecule has 2 aromatic rings. The number of carbonyl (C=O) groups is 1. The predicted molar refractivity (Wildman–Crippen MR) is 70.5 cm³/mol. The minimum absolute atomic E-state index is 0.0920. The maximum atomic E-state index is 11.2. The van der Waals surface area contributed by atoms with Crippen molar-refractivity contribution in [3.63, 3.8) is 0 Å². The minimum atomic E-state index is -0.343. The quantitative estimate of drug-likeness (QED) is 0.766. The smallest absolute Gasteiger partial charge is 0.325 e. The first kappa shape index (κ1) is 12.9. The number of rotatable bonds is 4. The normalized spacial score (nSPS) is 10.0. The van der Waals surface area contributed by atoms with Crippen LogP contribution in [-0.2, 0) is 9.53 Å². The number of esters is 1. The Morgan fingerprint density at radius 3 is 2.68 bits per heavy atom. The number of carbonyl (C=O) groups excluding carboxylic acids is 1. The summed E-state index contributed by atoms with van der Waals surface area (Å²) >= 11 is 0. The Morgan fingerprint density at radius 1 is 1.26 bits per heavy atom. The lowest BCUT2D eigenvalue weighted by molar-refractivity contribution is -0.138. The molecule has 0 fully saturated rings. The molecule has 1 aromatic carbocycles. The molecule has 0 atom stereocenters. The zero-order chi connectivity index (χ0) is 13.7. The summed E-state index contributed by atoms with van der Waals surface area (Å²) in [6, 6.07) is 9.59. The van der Waals surface area contributed by atoms with E-state index in [-0.39, 0.29) is 12.5 Å². The molecule has 98 valence electrons. The van der Waals surface area contributed by atoms with E-state index >= 15 is 0 Å². The molecule has 2 rings (SSSR count). The Labute approximate surface area is 111 Å². The summed E-state index contributed by atoms with van der Waals surface area (Å²) in [5.74, 6) is 0.658. The minimum Gasteiger partial charge on any atom is -0.468 e. The van der Waals surface area contributed by atoms with E-state index in [1.807, 2.05) is 30.3 Å². The van der Waals surface area contributed by atoms with Crippen molar-refractivity contribution >= 4 is 11.9 Å². The van der Waals surface area contributed by atoms with E-state index in [0.29, 0.717) is 11.8 Å². The second-order valence-corrected chi connectivity index (χ2v) is 3.91. The van der Waals surface area contributed by atoms with E-state index in [9.17, 15) is 4.79 Å². The van der Waals surface area contributed by atoms with Gasteiger partial charge >= 0.3 is 5.97 Å². The molecular weight excluding hydrogens is 244 g/mol. The summed E-state index contributed by atoms with van der Waals surface area (Å²) in [5, 5.41) is 0. The molecule has 1 aromatic heterocycles. The molecule has 0 unspecified atom stereocenters. The van der Waals surface area contributed by atoms with Gasteiger partial charge in [-0.15, -0.1) is 0 Å². The standard InChI is InChI=1S/C13H14N4O2/c1-17(8-11(18)19-2)13-15-9-14-12(16-13)10-6-4-3-5-7-10/h3-7,9H,8H2,1-2H3. The highest BCUT2D eigenvalue weighted by atomic mass is 16.5. The molecular formula is C13H14N4O2. The van der Waals surface area contributed by atoms with Gasteiger partial charge in [0.05, 0.1) is 7.11 Å². The van der Waals surface area contributed by atoms with Crippen molar-refractivity contribution in [2.75, 3.05) is 25.6 Å². The van der Waals surface area contributed by atoms with Gasteiger partial charge in [0.25, 0.3) is 0 Å². The first-order chi connectivity index (χ1) is 9.20. The van der Waals surface area contributed by atoms with E-state index in [1.54, 1.807) is 11.9 Å². The van der Waals surface area contributed by atoms with Crippen LogP contribution < -0.4 is 4.90 Å². The lowest BCUT2D eigenvalue weighted by atomic mass is 10.2. The highest BCUT2D eigenvalue weighted by Gasteiger charge is 2.11. The summed E-state index contributed by atoms with van der Waals surface area (Å²) in [6.07, 6.45) is 1.43. The molecule has 0 N–H and O–H groups in total. The molecule has 0 amide bonds. The van der Waals surface area contributed by atoms with Crippen LogP contribution in [0.1, 0.15) is 0 Å². The Morgan fingerprint density at radius 2 is 2.00 bits per heavy atom. The molecule has 0 aliphatic carbocycles. The van der Waals surface area contributed by atoms with Crippen LogP contribution in [-0.4, -0.2) is 41.6 Å². The summed E-state index contributed by atoms with van der Waals surface area (Å²) < 4.78 is 4.61. The average molecular weight is 258 g/mol. The number of likely N-dealkylation sites (N-methyl/N-ethyl adjacent to an activating group) is 1. The number of hydrogen-bond donors (Lipinski definition) is 0. The van der Waals surface area contributed by atoms with Crippen molar-refractivity contribution in [1.29, 1.82) is 0 Å². The van der Waals surface area contributed by atoms with Gasteiger partial charge in [-0.3, -0.25) is 4.79 Å². The van der Waals surface area contributed by atoms with Gasteiger partial charge in [0.1, 0.15) is 12.9 Å². The van der Waals surface area contributed by atoms with Crippen LogP contribution in [0.25, 0.3) is 11.4 Å². The third kappa shape index (κ3) is 3.25. The van der Waals surface area contributed by atoms with Gasteiger partial charge in [-0.05, 0) is 0 Å². The monoisotopic (exact) mass is 258 g/mol. The number of methoxy groups -OCH3 is 1. The van der Waals surface area contributed by atoms with Crippen LogP contribution >= 0.6 is 0 Å². The van der Waals surface area contributed by atoms with Crippen LogP contribution in [0.5, 0.6) is 0 Å². The molecule has 0 saturated heterocycles. The van der Waals surface area contributed by atoms with Crippen LogP contribution in [0.15, 0.2) is 36.7 Å². The van der Waals surface area contributed by atoms with Gasteiger partial charge in [-0.1, -0.05) is 30.3 Å². The molecule has 19 heavy (non-hydrogen) atoms. The predicted octanol–water partition coefficient (Wildman–Crippen LogP) is 1.15. The third-order valence-corrected chi connectivity index (χ3v) is 2.53. The van der Waals surface area contributed by atoms with Crippen LogP contribution in [0.3, 0.4) is 0 Å². The molecule has 1 heterocycles. The molecule has 0 spiro atoms. The Kier molecular flexibility index (Phi) is 4.02. The zero-order valence-electron chi connectivity index (χ0n) is 10.8. The third-order valence-electron chi connectivity index (χ3n) is 2.53. The lowest BCUT2D eigenvalue weighted by Crippen LogP contribution is -2.28. The molecule has 0 aliphatic rings. The van der Waals surface area contributed by atoms with Gasteiger partial charge in [-0.25, -0.2) is 9.97 Å². The van der Waals surface area contributed by atoms with Gasteiger partial charge in [0, 0.05) is 12.6 Å². The Hall–Kier alpha value is -2.50.